The van der Waals surface area contributed by atoms with Crippen molar-refractivity contribution in [1.82, 2.24) is 49.8 Å². The molecule has 0 saturated heterocycles. The van der Waals surface area contributed by atoms with Gasteiger partial charge in [0.15, 0.2) is 0 Å². The third-order valence-corrected chi connectivity index (χ3v) is 20.2. The average molecular weight is 2550 g/mol. The number of carboxylic acids is 2. The van der Waals surface area contributed by atoms with Crippen LogP contribution >= 0.6 is 0 Å². The van der Waals surface area contributed by atoms with Crippen LogP contribution in [0.15, 0.2) is 474 Å². The summed E-state index contributed by atoms with van der Waals surface area (Å²) in [7, 11) is 0. The Balaban J connectivity index is 0.000000155. The van der Waals surface area contributed by atoms with E-state index in [0.717, 1.165) is 171 Å². The molecule has 16 nitrogen and oxygen atoms in total. The predicted molar refractivity (Wildman–Crippen MR) is 548 cm³/mol. The van der Waals surface area contributed by atoms with E-state index >= 15 is 0 Å². The van der Waals surface area contributed by atoms with Crippen LogP contribution in [0.5, 0.6) is 0 Å². The van der Waals surface area contributed by atoms with Crippen molar-refractivity contribution in [2.75, 3.05) is 13.1 Å². The number of benzene rings is 10. The molecule has 142 heavy (non-hydrogen) atoms. The van der Waals surface area contributed by atoms with E-state index in [1.165, 1.54) is 18.2 Å². The average Bonchev–Trinajstić information content (AvgIpc) is 0.861. The molecule has 0 saturated carbocycles. The number of aromatic carboxylic acids is 2. The Hall–Kier alpha value is -16.2. The zero-order valence-corrected chi connectivity index (χ0v) is 85.4. The maximum atomic E-state index is 10.3. The van der Waals surface area contributed by atoms with Gasteiger partial charge in [-0.25, -0.2) is 59.1 Å². The van der Waals surface area contributed by atoms with E-state index in [1.54, 1.807) is 31.0 Å². The molecule has 0 unspecified atom stereocenters. The Bertz CT molecular complexity index is 6260. The van der Waals surface area contributed by atoms with Crippen molar-refractivity contribution in [2.45, 2.75) is 0 Å². The summed E-state index contributed by atoms with van der Waals surface area (Å²) in [6, 6.07) is 163. The molecule has 12 heterocycles. The molecule has 2 N–H and O–H groups in total. The van der Waals surface area contributed by atoms with Crippen LogP contribution in [0, 0.1) is 60.7 Å². The SMILES string of the molecule is C1=CC[N-]C(c2cccc(-c3ccccn3)n2)=C1.O=C(O)c1cccc(C(=O)O)n1.[Ir+3].[Ir+3].[Ir].[Ir].[c-]1c(C2=CC=CC[N-]2)cccc1-c1ccccn1.[c-]1ccccc1-c1[c-]c(-c2[c-]cccc2)ccc1.[c-]1ccccc1-c1[c-]c(-c2ccccn2)ccc1.[c-]1ccccc1-c1cccc(-c2[c-]cccc2)n1.[c-]1ccccc1-c1cccc(-c2ccccn2)n1.[c-]1ccccc1-c1cccc(-c2ccccn2)n1. The van der Waals surface area contributed by atoms with Gasteiger partial charge < -0.3 is 25.8 Å². The monoisotopic (exact) mass is 2550 g/mol. The molecule has 0 atom stereocenters. The Kier molecular flexibility index (Phi) is 43.3. The molecule has 698 valence electrons. The molecule has 10 aromatic carbocycles. The first-order chi connectivity index (χ1) is 68.1. The van der Waals surface area contributed by atoms with Crippen LogP contribution in [0.2, 0.25) is 0 Å². The number of nitrogens with zero attached hydrogens (tertiary/aromatic N) is 12. The van der Waals surface area contributed by atoms with Gasteiger partial charge in [0.05, 0.1) is 34.2 Å². The standard InChI is InChI=1S/C18H11.2C17H11N.C16H12N2.2C16H11N2.C15H12N3.C7H5NO4.4Ir/c1-3-8-15(9-4-1)17-12-7-13-18(14-17)16-10-5-2-6-11-16;1-3-8-14(9-4-1)16-12-7-13-17(18-16)15-10-5-2-6-11-15;1-2-7-14(8-3-1)15-9-6-10-16(13-15)17-11-4-5-12-18-17;1-3-10-17-15(8-1)13-6-5-7-14(12-13)16-9-2-4-11-18-16;2*1-2-7-13(8-3-1)14-10-6-11-16(18-14)15-9-4-5-12-17-15;1-3-10-16-12(6-1)14-8-5-9-15(18-14)13-7-2-4-11-17-13;9-6(10)4-2-1-3-5(8-4)7(11)12;;;;/h2*1-8,10,12-13H;1-7,9-12H;1-10H,11H2;2*1-7,9-12H;1-10H,11H2;1-3H,(H,9,10)(H,11,12);;;;/q-3;3*-2;3*-1;;;;2*+3. The number of pyridine rings is 10. The van der Waals surface area contributed by atoms with Crippen molar-refractivity contribution in [2.24, 2.45) is 0 Å². The Morgan fingerprint density at radius 2 is 0.451 bits per heavy atom. The number of carbonyl (C=O) groups is 2. The van der Waals surface area contributed by atoms with Crippen LogP contribution in [0.1, 0.15) is 32.2 Å². The van der Waals surface area contributed by atoms with E-state index in [2.05, 4.69) is 133 Å². The summed E-state index contributed by atoms with van der Waals surface area (Å²) in [6.45, 7) is 1.47. The van der Waals surface area contributed by atoms with Crippen molar-refractivity contribution >= 4 is 23.3 Å². The van der Waals surface area contributed by atoms with Crippen LogP contribution in [-0.4, -0.2) is 85.1 Å². The Morgan fingerprint density at radius 3 is 0.746 bits per heavy atom. The summed E-state index contributed by atoms with van der Waals surface area (Å²) in [4.78, 5) is 64.1. The molecule has 20 aromatic rings. The fourth-order valence-electron chi connectivity index (χ4n) is 13.6. The molecule has 10 aromatic heterocycles. The van der Waals surface area contributed by atoms with Gasteiger partial charge in [-0.15, -0.1) is 252 Å². The van der Waals surface area contributed by atoms with Gasteiger partial charge in [-0.2, -0.15) is 103 Å². The maximum Gasteiger partial charge on any atom is 3.00 e. The molecular weight excluding hydrogens is 2470 g/mol. The predicted octanol–water partition coefficient (Wildman–Crippen LogP) is 27.4. The number of hydrogen-bond acceptors (Lipinski definition) is 12. The van der Waals surface area contributed by atoms with E-state index in [-0.39, 0.29) is 91.8 Å². The maximum absolute atomic E-state index is 10.3. The number of carboxylic acid groups (broad SMARTS) is 2. The fraction of sp³-hybridized carbons (Fsp3) is 0.0164. The molecule has 2 radical (unpaired) electrons. The van der Waals surface area contributed by atoms with Gasteiger partial charge in [-0.1, -0.05) is 121 Å². The Morgan fingerprint density at radius 1 is 0.218 bits per heavy atom. The molecule has 0 amide bonds. The second-order valence-electron chi connectivity index (χ2n) is 29.7. The van der Waals surface area contributed by atoms with E-state index in [0.29, 0.717) is 0 Å². The van der Waals surface area contributed by atoms with Crippen molar-refractivity contribution < 1.29 is 100 Å². The summed E-state index contributed by atoms with van der Waals surface area (Å²) in [5.74, 6) is -2.48. The van der Waals surface area contributed by atoms with Crippen molar-refractivity contribution in [1.29, 1.82) is 0 Å². The first kappa shape index (κ1) is 106. The minimum atomic E-state index is -1.24. The number of allylic oxidation sites excluding steroid dienone is 4. The number of aromatic nitrogens is 10. The molecule has 2 aliphatic rings. The normalized spacial score (nSPS) is 10.8. The Labute approximate surface area is 881 Å². The van der Waals surface area contributed by atoms with Crippen molar-refractivity contribution in [3.63, 3.8) is 0 Å². The van der Waals surface area contributed by atoms with Crippen LogP contribution in [0.25, 0.3) is 157 Å². The topological polar surface area (TPSA) is 232 Å². The molecular formula is C122H84Ir4N12O4-6. The van der Waals surface area contributed by atoms with E-state index in [9.17, 15) is 9.59 Å². The minimum absolute atomic E-state index is 0. The van der Waals surface area contributed by atoms with Gasteiger partial charge >= 0.3 is 52.1 Å². The second kappa shape index (κ2) is 57.9. The second-order valence-corrected chi connectivity index (χ2v) is 29.7. The fourth-order valence-corrected chi connectivity index (χ4v) is 13.6. The van der Waals surface area contributed by atoms with Gasteiger partial charge in [-0.3, -0.25) is 34.9 Å². The first-order valence-electron chi connectivity index (χ1n) is 44.0. The summed E-state index contributed by atoms with van der Waals surface area (Å²) in [5.41, 5.74) is 26.5. The van der Waals surface area contributed by atoms with Crippen molar-refractivity contribution in [3.8, 4) is 135 Å². The molecule has 2 aliphatic heterocycles. The van der Waals surface area contributed by atoms with Gasteiger partial charge in [0.1, 0.15) is 11.4 Å². The largest absolute Gasteiger partial charge is 3.00 e. The summed E-state index contributed by atoms with van der Waals surface area (Å²) < 4.78 is 0. The van der Waals surface area contributed by atoms with Crippen molar-refractivity contribution in [3.05, 3.63) is 568 Å². The quantitative estimate of drug-likeness (QED) is 0.0857. The third-order valence-electron chi connectivity index (χ3n) is 20.2. The van der Waals surface area contributed by atoms with Crippen LogP contribution in [-0.2, 0) is 80.4 Å². The van der Waals surface area contributed by atoms with Gasteiger partial charge in [0.2, 0.25) is 0 Å². The van der Waals surface area contributed by atoms with Gasteiger partial charge in [-0.05, 0) is 108 Å². The zero-order valence-electron chi connectivity index (χ0n) is 75.9. The smallest absolute Gasteiger partial charge is 0.716 e. The summed E-state index contributed by atoms with van der Waals surface area (Å²) in [6.07, 6.45) is 21.0. The summed E-state index contributed by atoms with van der Waals surface area (Å²) >= 11 is 0. The molecule has 0 bridgehead atoms. The van der Waals surface area contributed by atoms with E-state index in [4.69, 9.17) is 10.2 Å². The molecule has 0 aliphatic carbocycles. The molecule has 20 heteroatoms. The number of rotatable bonds is 16. The minimum Gasteiger partial charge on any atom is -0.716 e. The van der Waals surface area contributed by atoms with Gasteiger partial charge in [0, 0.05) is 88.3 Å². The third kappa shape index (κ3) is 32.5. The van der Waals surface area contributed by atoms with Gasteiger partial charge in [0.25, 0.3) is 0 Å². The van der Waals surface area contributed by atoms with E-state index in [1.807, 2.05) is 413 Å². The van der Waals surface area contributed by atoms with Crippen LogP contribution in [0.3, 0.4) is 0 Å². The van der Waals surface area contributed by atoms with E-state index < -0.39 is 11.9 Å². The summed E-state index contributed by atoms with van der Waals surface area (Å²) in [5, 5.41) is 25.8. The molecule has 0 fully saturated rings. The first-order valence-corrected chi connectivity index (χ1v) is 44.0. The van der Waals surface area contributed by atoms with Crippen LogP contribution in [0.4, 0.5) is 0 Å². The number of hydrogen-bond donors (Lipinski definition) is 2. The zero-order chi connectivity index (χ0) is 94.6. The van der Waals surface area contributed by atoms with Crippen LogP contribution < -0.4 is 0 Å². The molecule has 22 rings (SSSR count). The molecule has 0 spiro atoms.